The third-order valence-electron chi connectivity index (χ3n) is 8.30. The van der Waals surface area contributed by atoms with E-state index in [9.17, 15) is 14.4 Å². The van der Waals surface area contributed by atoms with Crippen molar-refractivity contribution in [3.05, 3.63) is 82.7 Å². The molecule has 1 N–H and O–H groups in total. The number of aromatic nitrogens is 1. The quantitative estimate of drug-likeness (QED) is 0.486. The van der Waals surface area contributed by atoms with Gasteiger partial charge in [-0.3, -0.25) is 19.4 Å². The molecule has 230 valence electrons. The van der Waals surface area contributed by atoms with Crippen molar-refractivity contribution in [1.82, 2.24) is 20.1 Å². The van der Waals surface area contributed by atoms with Gasteiger partial charge in [0.1, 0.15) is 5.75 Å². The number of hydrogen-bond donors (Lipinski definition) is 1. The standard InChI is InChI=1S/C34H38N4O6/c1-21-13-25(14-22(2)35-21)34(41)37-17-28-31(18-37)43-20-24-5-4-6-27(15-24)44-29-11-7-23(16-30(29)42-3)8-12-33(40)38(26-9-10-26)19-32(39)36-28/h4-7,11,13-16,26,28,31H,8-10,12,17-20H2,1-3H3,(H,36,39)/t28-,31-/m0/s1. The first-order valence-corrected chi connectivity index (χ1v) is 15.1. The minimum absolute atomic E-state index is 0.0262. The second-order valence-electron chi connectivity index (χ2n) is 11.9. The molecule has 1 saturated heterocycles. The van der Waals surface area contributed by atoms with Crippen molar-refractivity contribution in [2.24, 2.45) is 0 Å². The highest BCUT2D eigenvalue weighted by molar-refractivity contribution is 5.95. The molecule has 3 aliphatic heterocycles. The summed E-state index contributed by atoms with van der Waals surface area (Å²) in [5.74, 6) is 1.32. The number of carbonyl (C=O) groups is 3. The van der Waals surface area contributed by atoms with Gasteiger partial charge in [0, 0.05) is 42.5 Å². The van der Waals surface area contributed by atoms with Crippen LogP contribution in [0.25, 0.3) is 0 Å². The van der Waals surface area contributed by atoms with Gasteiger partial charge in [-0.25, -0.2) is 0 Å². The average Bonchev–Trinajstić information content (AvgIpc) is 3.77. The number of nitrogens with one attached hydrogen (secondary N) is 1. The molecule has 3 amide bonds. The topological polar surface area (TPSA) is 110 Å². The Balaban J connectivity index is 1.27. The minimum atomic E-state index is -0.448. The van der Waals surface area contributed by atoms with Crippen molar-refractivity contribution in [3.63, 3.8) is 0 Å². The summed E-state index contributed by atoms with van der Waals surface area (Å²) < 4.78 is 18.2. The van der Waals surface area contributed by atoms with E-state index in [1.165, 1.54) is 0 Å². The van der Waals surface area contributed by atoms with Gasteiger partial charge in [0.2, 0.25) is 11.8 Å². The van der Waals surface area contributed by atoms with Crippen LogP contribution in [0.2, 0.25) is 0 Å². The van der Waals surface area contributed by atoms with Crippen molar-refractivity contribution >= 4 is 17.7 Å². The fourth-order valence-corrected chi connectivity index (χ4v) is 5.98. The summed E-state index contributed by atoms with van der Waals surface area (Å²) >= 11 is 0. The lowest BCUT2D eigenvalue weighted by Gasteiger charge is -2.25. The molecule has 2 aromatic carbocycles. The van der Waals surface area contributed by atoms with Crippen LogP contribution in [-0.2, 0) is 27.4 Å². The van der Waals surface area contributed by atoms with E-state index in [1.807, 2.05) is 56.3 Å². The predicted octanol–water partition coefficient (Wildman–Crippen LogP) is 3.96. The number of likely N-dealkylation sites (tertiary alicyclic amines) is 1. The lowest BCUT2D eigenvalue weighted by Crippen LogP contribution is -2.49. The van der Waals surface area contributed by atoms with Gasteiger partial charge >= 0.3 is 0 Å². The monoisotopic (exact) mass is 598 g/mol. The molecule has 2 fully saturated rings. The van der Waals surface area contributed by atoms with Crippen molar-refractivity contribution in [2.45, 2.75) is 64.3 Å². The molecule has 10 nitrogen and oxygen atoms in total. The molecular weight excluding hydrogens is 560 g/mol. The van der Waals surface area contributed by atoms with Gasteiger partial charge in [-0.15, -0.1) is 0 Å². The van der Waals surface area contributed by atoms with Crippen LogP contribution in [0.1, 0.15) is 52.1 Å². The van der Waals surface area contributed by atoms with Crippen LogP contribution < -0.4 is 14.8 Å². The molecule has 2 atom stereocenters. The average molecular weight is 599 g/mol. The maximum absolute atomic E-state index is 13.5. The Morgan fingerprint density at radius 2 is 1.77 bits per heavy atom. The number of methoxy groups -OCH3 is 1. The Bertz CT molecular complexity index is 1550. The normalized spacial score (nSPS) is 21.1. The van der Waals surface area contributed by atoms with E-state index in [-0.39, 0.29) is 43.3 Å². The zero-order chi connectivity index (χ0) is 30.8. The summed E-state index contributed by atoms with van der Waals surface area (Å²) in [5.41, 5.74) is 3.92. The number of nitrogens with zero attached hydrogens (tertiary/aromatic N) is 3. The first kappa shape index (κ1) is 29.6. The van der Waals surface area contributed by atoms with Crippen molar-refractivity contribution in [3.8, 4) is 17.2 Å². The van der Waals surface area contributed by atoms with Crippen LogP contribution in [0.3, 0.4) is 0 Å². The Hall–Kier alpha value is -4.44. The second kappa shape index (κ2) is 12.7. The van der Waals surface area contributed by atoms with Crippen LogP contribution in [-0.4, -0.2) is 77.4 Å². The predicted molar refractivity (Wildman–Crippen MR) is 163 cm³/mol. The highest BCUT2D eigenvalue weighted by atomic mass is 16.5. The van der Waals surface area contributed by atoms with Crippen molar-refractivity contribution < 1.29 is 28.6 Å². The molecule has 0 unspecified atom stereocenters. The summed E-state index contributed by atoms with van der Waals surface area (Å²) in [6.07, 6.45) is 2.12. The fraction of sp³-hybridized carbons (Fsp3) is 0.412. The van der Waals surface area contributed by atoms with E-state index >= 15 is 0 Å². The summed E-state index contributed by atoms with van der Waals surface area (Å²) in [6.45, 7) is 4.56. The summed E-state index contributed by atoms with van der Waals surface area (Å²) in [4.78, 5) is 48.1. The van der Waals surface area contributed by atoms with Gasteiger partial charge in [-0.1, -0.05) is 18.2 Å². The molecule has 4 bridgehead atoms. The number of benzene rings is 2. The first-order valence-electron chi connectivity index (χ1n) is 15.1. The Morgan fingerprint density at radius 1 is 0.977 bits per heavy atom. The van der Waals surface area contributed by atoms with Gasteiger partial charge < -0.3 is 29.3 Å². The zero-order valence-electron chi connectivity index (χ0n) is 25.4. The van der Waals surface area contributed by atoms with Crippen LogP contribution >= 0.6 is 0 Å². The molecule has 3 aromatic rings. The Morgan fingerprint density at radius 3 is 2.52 bits per heavy atom. The number of rotatable bonds is 3. The van der Waals surface area contributed by atoms with Gasteiger partial charge in [-0.05, 0) is 80.6 Å². The van der Waals surface area contributed by atoms with E-state index in [2.05, 4.69) is 10.3 Å². The summed E-state index contributed by atoms with van der Waals surface area (Å²) in [5, 5.41) is 3.10. The molecule has 4 aliphatic rings. The van der Waals surface area contributed by atoms with Crippen LogP contribution in [0.4, 0.5) is 0 Å². The van der Waals surface area contributed by atoms with E-state index < -0.39 is 12.1 Å². The summed E-state index contributed by atoms with van der Waals surface area (Å²) in [6, 6.07) is 16.5. The van der Waals surface area contributed by atoms with Crippen LogP contribution in [0, 0.1) is 13.8 Å². The maximum Gasteiger partial charge on any atom is 0.254 e. The number of pyridine rings is 1. The lowest BCUT2D eigenvalue weighted by atomic mass is 10.1. The molecule has 4 heterocycles. The third kappa shape index (κ3) is 6.86. The van der Waals surface area contributed by atoms with E-state index in [0.717, 1.165) is 35.4 Å². The number of hydrogen-bond acceptors (Lipinski definition) is 7. The minimum Gasteiger partial charge on any atom is -0.493 e. The molecular formula is C34H38N4O6. The molecule has 1 aromatic heterocycles. The van der Waals surface area contributed by atoms with Crippen molar-refractivity contribution in [1.29, 1.82) is 0 Å². The first-order chi connectivity index (χ1) is 21.2. The van der Waals surface area contributed by atoms with Gasteiger partial charge in [0.25, 0.3) is 5.91 Å². The molecule has 10 heteroatoms. The Kier molecular flexibility index (Phi) is 8.52. The number of fused-ring (bicyclic) bond motifs is 9. The largest absolute Gasteiger partial charge is 0.493 e. The van der Waals surface area contributed by atoms with Gasteiger partial charge in [-0.2, -0.15) is 0 Å². The van der Waals surface area contributed by atoms with E-state index in [4.69, 9.17) is 14.2 Å². The highest BCUT2D eigenvalue weighted by Crippen LogP contribution is 2.34. The SMILES string of the molecule is COc1cc2ccc1Oc1cccc(c1)CO[C@H]1CN(C(=O)c3cc(C)nc(C)c3)C[C@@H]1NC(=O)CN(C1CC1)C(=O)CC2. The molecule has 0 radical (unpaired) electrons. The highest BCUT2D eigenvalue weighted by Gasteiger charge is 2.39. The summed E-state index contributed by atoms with van der Waals surface area (Å²) in [7, 11) is 1.59. The molecule has 1 aliphatic carbocycles. The number of amides is 3. The molecule has 1 saturated carbocycles. The Labute approximate surface area is 257 Å². The lowest BCUT2D eigenvalue weighted by molar-refractivity contribution is -0.137. The molecule has 7 rings (SSSR count). The van der Waals surface area contributed by atoms with Gasteiger partial charge in [0.05, 0.1) is 32.4 Å². The van der Waals surface area contributed by atoms with E-state index in [1.54, 1.807) is 29.0 Å². The van der Waals surface area contributed by atoms with E-state index in [0.29, 0.717) is 42.3 Å². The second-order valence-corrected chi connectivity index (χ2v) is 11.9. The third-order valence-corrected chi connectivity index (χ3v) is 8.30. The van der Waals surface area contributed by atoms with Crippen LogP contribution in [0.15, 0.2) is 54.6 Å². The molecule has 44 heavy (non-hydrogen) atoms. The number of carbonyl (C=O) groups excluding carboxylic acids is 3. The smallest absolute Gasteiger partial charge is 0.254 e. The zero-order valence-corrected chi connectivity index (χ0v) is 25.4. The van der Waals surface area contributed by atoms with Crippen molar-refractivity contribution in [2.75, 3.05) is 26.7 Å². The molecule has 0 spiro atoms. The number of ether oxygens (including phenoxy) is 3. The fourth-order valence-electron chi connectivity index (χ4n) is 5.98. The van der Waals surface area contributed by atoms with Crippen LogP contribution in [0.5, 0.6) is 17.2 Å². The van der Waals surface area contributed by atoms with Gasteiger partial charge in [0.15, 0.2) is 11.5 Å². The number of aryl methyl sites for hydroxylation is 3. The maximum atomic E-state index is 13.5.